The molecule has 0 aliphatic heterocycles. The molecule has 1 N–H and O–H groups in total. The van der Waals surface area contributed by atoms with Crippen molar-refractivity contribution in [1.82, 2.24) is 0 Å². The van der Waals surface area contributed by atoms with Crippen LogP contribution in [0.4, 0.5) is 0 Å². The van der Waals surface area contributed by atoms with E-state index in [1.54, 1.807) is 0 Å². The Kier molecular flexibility index (Phi) is 4.92. The zero-order valence-electron chi connectivity index (χ0n) is 7.28. The van der Waals surface area contributed by atoms with Crippen LogP contribution in [-0.4, -0.2) is 23.0 Å². The molecule has 0 saturated heterocycles. The lowest BCUT2D eigenvalue weighted by molar-refractivity contribution is -0.124. The van der Waals surface area contributed by atoms with Crippen LogP contribution >= 0.6 is 0 Å². The first kappa shape index (κ1) is 10.8. The van der Waals surface area contributed by atoms with Gasteiger partial charge < -0.3 is 5.21 Å². The maximum Gasteiger partial charge on any atom is 0.184 e. The van der Waals surface area contributed by atoms with Crippen molar-refractivity contribution >= 4 is 17.8 Å². The number of hydrogen-bond acceptors (Lipinski definition) is 4. The molecule has 0 spiro atoms. The van der Waals surface area contributed by atoms with Crippen molar-refractivity contribution in [2.24, 2.45) is 11.1 Å². The molecule has 0 unspecified atom stereocenters. The van der Waals surface area contributed by atoms with Crippen molar-refractivity contribution in [2.45, 2.75) is 26.7 Å². The van der Waals surface area contributed by atoms with Crippen LogP contribution in [0.1, 0.15) is 26.7 Å². The second kappa shape index (κ2) is 5.46. The molecule has 0 aromatic carbocycles. The van der Waals surface area contributed by atoms with Gasteiger partial charge in [-0.2, -0.15) is 0 Å². The average molecular weight is 171 g/mol. The van der Waals surface area contributed by atoms with Gasteiger partial charge in [0.05, 0.1) is 6.42 Å². The second-order valence-electron chi connectivity index (χ2n) is 3.02. The summed E-state index contributed by atoms with van der Waals surface area (Å²) in [7, 11) is 0. The number of Topliss-reactive ketones (excluding diaryl/α,β-unsaturated/α-hetero) is 2. The monoisotopic (exact) mass is 171 g/mol. The Hall–Kier alpha value is -1.19. The molecule has 4 nitrogen and oxygen atoms in total. The van der Waals surface area contributed by atoms with E-state index in [9.17, 15) is 9.59 Å². The third-order valence-electron chi connectivity index (χ3n) is 1.21. The molecular formula is C8H13NO3. The summed E-state index contributed by atoms with van der Waals surface area (Å²) in [4.78, 5) is 21.7. The van der Waals surface area contributed by atoms with E-state index >= 15 is 0 Å². The standard InChI is InChI=1S/C8H13NO3/c1-6(2)3-7(10)4-8(11)5-9-12/h5-6,12H,3-4H2,1-2H3. The van der Waals surface area contributed by atoms with Crippen LogP contribution in [0.15, 0.2) is 5.16 Å². The van der Waals surface area contributed by atoms with Gasteiger partial charge in [-0.15, -0.1) is 0 Å². The van der Waals surface area contributed by atoms with Crippen molar-refractivity contribution in [1.29, 1.82) is 0 Å². The van der Waals surface area contributed by atoms with Gasteiger partial charge in [0, 0.05) is 6.42 Å². The minimum Gasteiger partial charge on any atom is -0.411 e. The molecular weight excluding hydrogens is 158 g/mol. The highest BCUT2D eigenvalue weighted by molar-refractivity contribution is 6.31. The smallest absolute Gasteiger partial charge is 0.184 e. The summed E-state index contributed by atoms with van der Waals surface area (Å²) in [6.07, 6.45) is 0.978. The molecule has 4 heteroatoms. The third kappa shape index (κ3) is 5.58. The molecule has 0 saturated carbocycles. The number of carbonyl (C=O) groups is 2. The summed E-state index contributed by atoms with van der Waals surface area (Å²) in [5.74, 6) is -0.311. The molecule has 0 aliphatic carbocycles. The topological polar surface area (TPSA) is 66.7 Å². The Morgan fingerprint density at radius 1 is 1.50 bits per heavy atom. The lowest BCUT2D eigenvalue weighted by Crippen LogP contribution is -2.10. The molecule has 0 amide bonds. The maximum absolute atomic E-state index is 11.0. The lowest BCUT2D eigenvalue weighted by Gasteiger charge is -2.00. The molecule has 0 bridgehead atoms. The molecule has 0 aromatic rings. The summed E-state index contributed by atoms with van der Waals surface area (Å²) in [5.41, 5.74) is 0. The fourth-order valence-electron chi connectivity index (χ4n) is 0.832. The summed E-state index contributed by atoms with van der Waals surface area (Å²) >= 11 is 0. The minimum atomic E-state index is -0.455. The van der Waals surface area contributed by atoms with Crippen molar-refractivity contribution in [3.05, 3.63) is 0 Å². The SMILES string of the molecule is CC(C)CC(=O)CC(=O)C=NO. The molecule has 0 atom stereocenters. The zero-order chi connectivity index (χ0) is 9.56. The number of ketones is 2. The van der Waals surface area contributed by atoms with Crippen LogP contribution in [0.25, 0.3) is 0 Å². The maximum atomic E-state index is 11.0. The largest absolute Gasteiger partial charge is 0.411 e. The third-order valence-corrected chi connectivity index (χ3v) is 1.21. The fraction of sp³-hybridized carbons (Fsp3) is 0.625. The van der Waals surface area contributed by atoms with Gasteiger partial charge in [0.2, 0.25) is 0 Å². The highest BCUT2D eigenvalue weighted by atomic mass is 16.4. The fourth-order valence-corrected chi connectivity index (χ4v) is 0.832. The van der Waals surface area contributed by atoms with E-state index in [4.69, 9.17) is 5.21 Å². The van der Waals surface area contributed by atoms with Gasteiger partial charge in [0.1, 0.15) is 12.0 Å². The Labute approximate surface area is 71.3 Å². The van der Waals surface area contributed by atoms with Crippen LogP contribution in [-0.2, 0) is 9.59 Å². The van der Waals surface area contributed by atoms with Gasteiger partial charge in [-0.3, -0.25) is 9.59 Å². The molecule has 0 aliphatic rings. The van der Waals surface area contributed by atoms with E-state index in [2.05, 4.69) is 5.16 Å². The van der Waals surface area contributed by atoms with Crippen LogP contribution in [0, 0.1) is 5.92 Å². The van der Waals surface area contributed by atoms with Gasteiger partial charge in [0.25, 0.3) is 0 Å². The van der Waals surface area contributed by atoms with E-state index < -0.39 is 5.78 Å². The van der Waals surface area contributed by atoms with Crippen LogP contribution in [0.3, 0.4) is 0 Å². The van der Waals surface area contributed by atoms with Gasteiger partial charge in [-0.1, -0.05) is 19.0 Å². The van der Waals surface area contributed by atoms with Gasteiger partial charge in [-0.05, 0) is 5.92 Å². The number of rotatable bonds is 5. The van der Waals surface area contributed by atoms with Crippen molar-refractivity contribution < 1.29 is 14.8 Å². The van der Waals surface area contributed by atoms with Gasteiger partial charge in [0.15, 0.2) is 5.78 Å². The highest BCUT2D eigenvalue weighted by Crippen LogP contribution is 2.02. The zero-order valence-corrected chi connectivity index (χ0v) is 7.28. The van der Waals surface area contributed by atoms with E-state index in [1.807, 2.05) is 13.8 Å². The predicted octanol–water partition coefficient (Wildman–Crippen LogP) is 1.02. The van der Waals surface area contributed by atoms with E-state index in [0.29, 0.717) is 6.42 Å². The van der Waals surface area contributed by atoms with E-state index in [1.165, 1.54) is 0 Å². The molecule has 0 heterocycles. The van der Waals surface area contributed by atoms with Crippen LogP contribution in [0.5, 0.6) is 0 Å². The van der Waals surface area contributed by atoms with Gasteiger partial charge in [-0.25, -0.2) is 0 Å². The number of hydrogen-bond donors (Lipinski definition) is 1. The molecule has 0 fully saturated rings. The normalized spacial score (nSPS) is 10.9. The first-order chi connectivity index (χ1) is 5.56. The molecule has 12 heavy (non-hydrogen) atoms. The second-order valence-corrected chi connectivity index (χ2v) is 3.02. The number of oxime groups is 1. The van der Waals surface area contributed by atoms with E-state index in [0.717, 1.165) is 6.21 Å². The summed E-state index contributed by atoms with van der Waals surface area (Å²) in [6.45, 7) is 3.81. The molecule has 0 radical (unpaired) electrons. The quantitative estimate of drug-likeness (QED) is 0.290. The summed E-state index contributed by atoms with van der Waals surface area (Å²) < 4.78 is 0. The van der Waals surface area contributed by atoms with E-state index in [-0.39, 0.29) is 18.1 Å². The average Bonchev–Trinajstić information content (AvgIpc) is 1.84. The lowest BCUT2D eigenvalue weighted by atomic mass is 10.0. The first-order valence-electron chi connectivity index (χ1n) is 3.78. The molecule has 68 valence electrons. The summed E-state index contributed by atoms with van der Waals surface area (Å²) in [5, 5.41) is 10.5. The van der Waals surface area contributed by atoms with Crippen LogP contribution < -0.4 is 0 Å². The number of nitrogens with zero attached hydrogens (tertiary/aromatic N) is 1. The Balaban J connectivity index is 3.77. The molecule has 0 aromatic heterocycles. The first-order valence-corrected chi connectivity index (χ1v) is 3.78. The summed E-state index contributed by atoms with van der Waals surface area (Å²) in [6, 6.07) is 0. The number of carbonyl (C=O) groups excluding carboxylic acids is 2. The van der Waals surface area contributed by atoms with Gasteiger partial charge >= 0.3 is 0 Å². The molecule has 0 rings (SSSR count). The highest BCUT2D eigenvalue weighted by Gasteiger charge is 2.09. The van der Waals surface area contributed by atoms with Crippen molar-refractivity contribution in [2.75, 3.05) is 0 Å². The van der Waals surface area contributed by atoms with Crippen molar-refractivity contribution in [3.63, 3.8) is 0 Å². The van der Waals surface area contributed by atoms with Crippen LogP contribution in [0.2, 0.25) is 0 Å². The Morgan fingerprint density at radius 3 is 2.50 bits per heavy atom. The predicted molar refractivity (Wildman–Crippen MR) is 44.4 cm³/mol. The Morgan fingerprint density at radius 2 is 2.08 bits per heavy atom. The van der Waals surface area contributed by atoms with Crippen molar-refractivity contribution in [3.8, 4) is 0 Å². The Bertz CT molecular complexity index is 196. The minimum absolute atomic E-state index is 0.116.